The van der Waals surface area contributed by atoms with Crippen LogP contribution in [0.25, 0.3) is 11.1 Å². The number of para-hydroxylation sites is 1. The molecule has 4 nitrogen and oxygen atoms in total. The fourth-order valence-electron chi connectivity index (χ4n) is 0.999. The SMILES string of the molecule is O=S(=O)(Cl)c1nc2cccc(Cl)c2o1. The number of halogens is 2. The quantitative estimate of drug-likeness (QED) is 0.731. The molecule has 0 atom stereocenters. The first-order valence-electron chi connectivity index (χ1n) is 3.48. The summed E-state index contributed by atoms with van der Waals surface area (Å²) in [5, 5.41) is -0.246. The molecule has 1 heterocycles. The van der Waals surface area contributed by atoms with Gasteiger partial charge in [0.1, 0.15) is 5.52 Å². The molecular formula is C7H3Cl2NO3S. The van der Waals surface area contributed by atoms with E-state index < -0.39 is 14.3 Å². The highest BCUT2D eigenvalue weighted by Gasteiger charge is 2.19. The molecule has 2 aromatic rings. The van der Waals surface area contributed by atoms with Crippen molar-refractivity contribution in [1.82, 2.24) is 4.98 Å². The van der Waals surface area contributed by atoms with Gasteiger partial charge in [-0.25, -0.2) is 8.42 Å². The molecule has 0 saturated heterocycles. The van der Waals surface area contributed by atoms with Crippen molar-refractivity contribution >= 4 is 42.4 Å². The number of oxazole rings is 1. The largest absolute Gasteiger partial charge is 0.425 e. The molecule has 1 aromatic heterocycles. The van der Waals surface area contributed by atoms with Gasteiger partial charge in [-0.1, -0.05) is 17.7 Å². The maximum Gasteiger partial charge on any atom is 0.332 e. The molecule has 0 spiro atoms. The second kappa shape index (κ2) is 3.12. The number of benzene rings is 1. The molecular weight excluding hydrogens is 249 g/mol. The Balaban J connectivity index is 2.81. The van der Waals surface area contributed by atoms with Gasteiger partial charge >= 0.3 is 14.3 Å². The molecule has 1 aromatic carbocycles. The van der Waals surface area contributed by atoms with Crippen LogP contribution in [0.1, 0.15) is 0 Å². The number of fused-ring (bicyclic) bond motifs is 1. The molecule has 0 saturated carbocycles. The first-order chi connectivity index (χ1) is 6.48. The summed E-state index contributed by atoms with van der Waals surface area (Å²) in [5.41, 5.74) is 0.574. The molecule has 7 heteroatoms. The highest BCUT2D eigenvalue weighted by Crippen LogP contribution is 2.26. The summed E-state index contributed by atoms with van der Waals surface area (Å²) in [6.45, 7) is 0. The second-order valence-electron chi connectivity index (χ2n) is 2.51. The number of nitrogens with zero attached hydrogens (tertiary/aromatic N) is 1. The van der Waals surface area contributed by atoms with E-state index in [-0.39, 0.29) is 5.58 Å². The fraction of sp³-hybridized carbons (Fsp3) is 0. The van der Waals surface area contributed by atoms with Gasteiger partial charge in [-0.2, -0.15) is 4.98 Å². The maximum absolute atomic E-state index is 10.9. The molecule has 0 amide bonds. The summed E-state index contributed by atoms with van der Waals surface area (Å²) < 4.78 is 26.7. The minimum Gasteiger partial charge on any atom is -0.425 e. The summed E-state index contributed by atoms with van der Waals surface area (Å²) in [6, 6.07) is 4.79. The first-order valence-corrected chi connectivity index (χ1v) is 6.17. The zero-order valence-corrected chi connectivity index (χ0v) is 8.90. The van der Waals surface area contributed by atoms with Crippen LogP contribution in [-0.4, -0.2) is 13.4 Å². The summed E-state index contributed by atoms with van der Waals surface area (Å²) in [5.74, 6) is 0. The van der Waals surface area contributed by atoms with Gasteiger partial charge in [0, 0.05) is 10.7 Å². The Hall–Kier alpha value is -0.780. The van der Waals surface area contributed by atoms with E-state index >= 15 is 0 Å². The third-order valence-electron chi connectivity index (χ3n) is 1.56. The monoisotopic (exact) mass is 251 g/mol. The smallest absolute Gasteiger partial charge is 0.332 e. The van der Waals surface area contributed by atoms with Crippen LogP contribution in [0, 0.1) is 0 Å². The zero-order chi connectivity index (χ0) is 10.3. The average molecular weight is 252 g/mol. The third kappa shape index (κ3) is 1.58. The highest BCUT2D eigenvalue weighted by atomic mass is 35.7. The van der Waals surface area contributed by atoms with Gasteiger partial charge < -0.3 is 4.42 Å². The normalized spacial score (nSPS) is 12.1. The zero-order valence-electron chi connectivity index (χ0n) is 6.57. The van der Waals surface area contributed by atoms with E-state index in [1.54, 1.807) is 18.2 Å². The van der Waals surface area contributed by atoms with Crippen molar-refractivity contribution in [2.45, 2.75) is 5.22 Å². The topological polar surface area (TPSA) is 60.2 Å². The van der Waals surface area contributed by atoms with Crippen molar-refractivity contribution in [2.75, 3.05) is 0 Å². The van der Waals surface area contributed by atoms with E-state index in [1.807, 2.05) is 0 Å². The number of hydrogen-bond donors (Lipinski definition) is 0. The van der Waals surface area contributed by atoms with Gasteiger partial charge in [0.05, 0.1) is 5.02 Å². The van der Waals surface area contributed by atoms with E-state index in [0.29, 0.717) is 10.5 Å². The van der Waals surface area contributed by atoms with Crippen LogP contribution in [0.3, 0.4) is 0 Å². The predicted octanol–water partition coefficient (Wildman–Crippen LogP) is 2.41. The van der Waals surface area contributed by atoms with Crippen molar-refractivity contribution in [3.05, 3.63) is 23.2 Å². The Morgan fingerprint density at radius 2 is 2.07 bits per heavy atom. The molecule has 74 valence electrons. The van der Waals surface area contributed by atoms with Crippen LogP contribution in [0.4, 0.5) is 0 Å². The lowest BCUT2D eigenvalue weighted by Crippen LogP contribution is -1.88. The van der Waals surface area contributed by atoms with Crippen LogP contribution in [0.2, 0.25) is 5.02 Å². The maximum atomic E-state index is 10.9. The highest BCUT2D eigenvalue weighted by molar-refractivity contribution is 8.13. The Kier molecular flexibility index (Phi) is 2.17. The Bertz CT molecular complexity index is 590. The summed E-state index contributed by atoms with van der Waals surface area (Å²) in [7, 11) is 1.11. The number of rotatable bonds is 1. The Morgan fingerprint density at radius 3 is 2.64 bits per heavy atom. The van der Waals surface area contributed by atoms with Crippen molar-refractivity contribution in [2.24, 2.45) is 0 Å². The van der Waals surface area contributed by atoms with Gasteiger partial charge in [0.25, 0.3) is 0 Å². The molecule has 0 bridgehead atoms. The average Bonchev–Trinajstić information content (AvgIpc) is 2.48. The molecule has 0 N–H and O–H groups in total. The predicted molar refractivity (Wildman–Crippen MR) is 52.1 cm³/mol. The van der Waals surface area contributed by atoms with Crippen molar-refractivity contribution < 1.29 is 12.8 Å². The Morgan fingerprint density at radius 1 is 1.36 bits per heavy atom. The van der Waals surface area contributed by atoms with Gasteiger partial charge in [0.15, 0.2) is 5.58 Å². The molecule has 0 unspecified atom stereocenters. The van der Waals surface area contributed by atoms with Gasteiger partial charge in [-0.15, -0.1) is 0 Å². The molecule has 0 aliphatic rings. The molecule has 2 rings (SSSR count). The van der Waals surface area contributed by atoms with E-state index in [1.165, 1.54) is 0 Å². The lowest BCUT2D eigenvalue weighted by Gasteiger charge is -1.87. The van der Waals surface area contributed by atoms with Gasteiger partial charge in [0.2, 0.25) is 0 Å². The van der Waals surface area contributed by atoms with Crippen molar-refractivity contribution in [3.8, 4) is 0 Å². The van der Waals surface area contributed by atoms with E-state index in [9.17, 15) is 8.42 Å². The van der Waals surface area contributed by atoms with Crippen LogP contribution in [0.5, 0.6) is 0 Å². The fourth-order valence-corrected chi connectivity index (χ4v) is 1.80. The summed E-state index contributed by atoms with van der Waals surface area (Å²) >= 11 is 5.75. The molecule has 0 aliphatic heterocycles. The Labute approximate surface area is 88.9 Å². The lowest BCUT2D eigenvalue weighted by molar-refractivity contribution is 0.464. The molecule has 0 fully saturated rings. The van der Waals surface area contributed by atoms with Crippen LogP contribution in [0.15, 0.2) is 27.8 Å². The van der Waals surface area contributed by atoms with E-state index in [0.717, 1.165) is 0 Å². The van der Waals surface area contributed by atoms with Crippen LogP contribution in [-0.2, 0) is 9.05 Å². The first kappa shape index (κ1) is 9.76. The summed E-state index contributed by atoms with van der Waals surface area (Å²) in [4.78, 5) is 3.67. The summed E-state index contributed by atoms with van der Waals surface area (Å²) in [6.07, 6.45) is 0. The van der Waals surface area contributed by atoms with Crippen molar-refractivity contribution in [1.29, 1.82) is 0 Å². The van der Waals surface area contributed by atoms with Gasteiger partial charge in [-0.05, 0) is 12.1 Å². The number of aromatic nitrogens is 1. The third-order valence-corrected chi connectivity index (χ3v) is 2.84. The van der Waals surface area contributed by atoms with E-state index in [4.69, 9.17) is 26.7 Å². The molecule has 0 radical (unpaired) electrons. The van der Waals surface area contributed by atoms with Gasteiger partial charge in [-0.3, -0.25) is 0 Å². The number of hydrogen-bond acceptors (Lipinski definition) is 4. The van der Waals surface area contributed by atoms with Crippen LogP contribution >= 0.6 is 22.3 Å². The van der Waals surface area contributed by atoms with Crippen molar-refractivity contribution in [3.63, 3.8) is 0 Å². The molecule has 14 heavy (non-hydrogen) atoms. The minimum absolute atomic E-state index is 0.216. The lowest BCUT2D eigenvalue weighted by atomic mass is 10.3. The minimum atomic E-state index is -3.95. The standard InChI is InChI=1S/C7H3Cl2NO3S/c8-4-2-1-3-5-6(4)13-7(10-5)14(9,11)12/h1-3H. The second-order valence-corrected chi connectivity index (χ2v) is 5.36. The van der Waals surface area contributed by atoms with E-state index in [2.05, 4.69) is 4.98 Å². The van der Waals surface area contributed by atoms with Crippen LogP contribution < -0.4 is 0 Å². The molecule has 0 aliphatic carbocycles.